The first kappa shape index (κ1) is 23.2. The van der Waals surface area contributed by atoms with Crippen LogP contribution in [0.15, 0.2) is 0 Å². The van der Waals surface area contributed by atoms with Crippen LogP contribution >= 0.6 is 0 Å². The highest BCUT2D eigenvalue weighted by Crippen LogP contribution is 2.17. The maximum Gasteiger partial charge on any atom is 0.408 e. The van der Waals surface area contributed by atoms with Crippen molar-refractivity contribution in [1.82, 2.24) is 10.2 Å². The summed E-state index contributed by atoms with van der Waals surface area (Å²) in [5.41, 5.74) is 0. The average molecular weight is 407 g/mol. The van der Waals surface area contributed by atoms with Crippen LogP contribution in [0.1, 0.15) is 52.9 Å². The van der Waals surface area contributed by atoms with Gasteiger partial charge in [-0.05, 0) is 12.8 Å². The van der Waals surface area contributed by atoms with Crippen LogP contribution in [0.3, 0.4) is 0 Å². The van der Waals surface area contributed by atoms with Crippen molar-refractivity contribution in [1.29, 1.82) is 0 Å². The van der Waals surface area contributed by atoms with E-state index in [1.807, 2.05) is 13.8 Å². The Morgan fingerprint density at radius 3 is 2.26 bits per heavy atom. The summed E-state index contributed by atoms with van der Waals surface area (Å²) in [5, 5.41) is 10.8. The van der Waals surface area contributed by atoms with E-state index in [2.05, 4.69) is 5.32 Å². The fraction of sp³-hybridized carbons (Fsp3) is 0.824. The number of likely N-dealkylation sites (tertiary alicyclic amines) is 1. The number of carbonyl (C=O) groups excluding carboxylic acids is 2. The molecular weight excluding hydrogens is 376 g/mol. The number of carboxylic acids is 1. The van der Waals surface area contributed by atoms with Crippen molar-refractivity contribution < 1.29 is 32.6 Å². The Morgan fingerprint density at radius 1 is 1.22 bits per heavy atom. The third-order valence-electron chi connectivity index (χ3n) is 4.58. The Morgan fingerprint density at radius 2 is 1.81 bits per heavy atom. The molecule has 0 bridgehead atoms. The lowest BCUT2D eigenvalue weighted by atomic mass is 10.2. The molecule has 0 saturated carbocycles. The first-order chi connectivity index (χ1) is 12.6. The van der Waals surface area contributed by atoms with Gasteiger partial charge in [0, 0.05) is 19.9 Å². The maximum absolute atomic E-state index is 12.6. The molecule has 0 aromatic heterocycles. The van der Waals surface area contributed by atoms with Gasteiger partial charge in [0.2, 0.25) is 5.91 Å². The van der Waals surface area contributed by atoms with Gasteiger partial charge in [-0.3, -0.25) is 4.79 Å². The average Bonchev–Trinajstić information content (AvgIpc) is 3.02. The van der Waals surface area contributed by atoms with Gasteiger partial charge in [0.05, 0.1) is 17.5 Å². The van der Waals surface area contributed by atoms with Gasteiger partial charge in [0.25, 0.3) is 0 Å². The second-order valence-corrected chi connectivity index (χ2v) is 9.17. The van der Waals surface area contributed by atoms with E-state index >= 15 is 0 Å². The van der Waals surface area contributed by atoms with Gasteiger partial charge in [-0.15, -0.1) is 0 Å². The molecule has 0 unspecified atom stereocenters. The summed E-state index contributed by atoms with van der Waals surface area (Å²) in [5.74, 6) is -2.24. The number of rotatable bonds is 10. The van der Waals surface area contributed by atoms with E-state index in [4.69, 9.17) is 4.74 Å². The van der Waals surface area contributed by atoms with Crippen LogP contribution < -0.4 is 5.32 Å². The van der Waals surface area contributed by atoms with Crippen LogP contribution in [-0.2, 0) is 24.2 Å². The van der Waals surface area contributed by atoms with E-state index in [0.29, 0.717) is 38.6 Å². The van der Waals surface area contributed by atoms with Crippen molar-refractivity contribution in [3.63, 3.8) is 0 Å². The number of alkyl carbamates (subject to hydrolysis) is 1. The molecule has 1 rings (SSSR count). The van der Waals surface area contributed by atoms with Crippen molar-refractivity contribution in [2.24, 2.45) is 0 Å². The Balaban J connectivity index is 2.69. The Kier molecular flexibility index (Phi) is 9.01. The third-order valence-corrected chi connectivity index (χ3v) is 6.87. The molecule has 1 fully saturated rings. The van der Waals surface area contributed by atoms with E-state index in [-0.39, 0.29) is 12.5 Å². The maximum atomic E-state index is 12.6. The number of amides is 2. The number of carboxylic acid groups (broad SMARTS) is 1. The summed E-state index contributed by atoms with van der Waals surface area (Å²) in [4.78, 5) is 36.3. The molecule has 1 heterocycles. The number of carbonyl (C=O) groups is 3. The van der Waals surface area contributed by atoms with Crippen LogP contribution in [0.4, 0.5) is 4.79 Å². The molecule has 1 aliphatic heterocycles. The lowest BCUT2D eigenvalue weighted by Gasteiger charge is -2.21. The molecular formula is C17H30N2O7S. The van der Waals surface area contributed by atoms with Gasteiger partial charge < -0.3 is 20.1 Å². The number of ether oxygens (including phenoxy) is 1. The highest BCUT2D eigenvalue weighted by atomic mass is 32.2. The van der Waals surface area contributed by atoms with Crippen molar-refractivity contribution in [2.45, 2.75) is 70.3 Å². The van der Waals surface area contributed by atoms with Crippen LogP contribution in [0.25, 0.3) is 0 Å². The molecule has 156 valence electrons. The zero-order chi connectivity index (χ0) is 20.6. The molecule has 1 saturated heterocycles. The van der Waals surface area contributed by atoms with Crippen LogP contribution in [0.2, 0.25) is 0 Å². The minimum Gasteiger partial charge on any atom is -0.480 e. The van der Waals surface area contributed by atoms with Gasteiger partial charge >= 0.3 is 12.1 Å². The summed E-state index contributed by atoms with van der Waals surface area (Å²) in [6, 6.07) is -1.58. The largest absolute Gasteiger partial charge is 0.480 e. The summed E-state index contributed by atoms with van der Waals surface area (Å²) in [6.07, 6.45) is 1.18. The Bertz CT molecular complexity index is 629. The summed E-state index contributed by atoms with van der Waals surface area (Å²) < 4.78 is 30.3. The highest BCUT2D eigenvalue weighted by molar-refractivity contribution is 7.92. The minimum atomic E-state index is -3.69. The second kappa shape index (κ2) is 10.5. The monoisotopic (exact) mass is 406 g/mol. The summed E-state index contributed by atoms with van der Waals surface area (Å²) in [7, 11) is -3.69. The van der Waals surface area contributed by atoms with E-state index < -0.39 is 45.0 Å². The normalized spacial score (nSPS) is 18.4. The van der Waals surface area contributed by atoms with E-state index in [1.165, 1.54) is 11.8 Å². The van der Waals surface area contributed by atoms with Crippen molar-refractivity contribution in [3.8, 4) is 0 Å². The molecule has 0 aromatic carbocycles. The SMILES string of the molecule is CCCC(CCC)S(=O)(=O)C[C@H](NC(=O)O[C@@H]1CCN(C(C)=O)C1)C(=O)O. The first-order valence-electron chi connectivity index (χ1n) is 9.27. The zero-order valence-electron chi connectivity index (χ0n) is 16.1. The Hall–Kier alpha value is -1.84. The molecule has 0 aromatic rings. The molecule has 27 heavy (non-hydrogen) atoms. The number of nitrogens with zero attached hydrogens (tertiary/aromatic N) is 1. The van der Waals surface area contributed by atoms with Gasteiger partial charge in [-0.1, -0.05) is 26.7 Å². The topological polar surface area (TPSA) is 130 Å². The molecule has 9 nitrogen and oxygen atoms in total. The summed E-state index contributed by atoms with van der Waals surface area (Å²) >= 11 is 0. The number of hydrogen-bond donors (Lipinski definition) is 2. The lowest BCUT2D eigenvalue weighted by molar-refractivity contribution is -0.138. The first-order valence-corrected chi connectivity index (χ1v) is 11.0. The quantitative estimate of drug-likeness (QED) is 0.557. The molecule has 0 aliphatic carbocycles. The molecule has 2 atom stereocenters. The van der Waals surface area contributed by atoms with Gasteiger partial charge in [0.15, 0.2) is 9.84 Å². The molecule has 0 radical (unpaired) electrons. The highest BCUT2D eigenvalue weighted by Gasteiger charge is 2.33. The van der Waals surface area contributed by atoms with Crippen LogP contribution in [0, 0.1) is 0 Å². The van der Waals surface area contributed by atoms with Crippen molar-refractivity contribution in [2.75, 3.05) is 18.8 Å². The fourth-order valence-corrected chi connectivity index (χ4v) is 5.28. The molecule has 2 N–H and O–H groups in total. The standard InChI is InChI=1S/C17H30N2O7S/c1-4-6-14(7-5-2)27(24,25)11-15(16(21)22)18-17(23)26-13-8-9-19(10-13)12(3)20/h13-15H,4-11H2,1-3H3,(H,18,23)(H,21,22)/t13-,15+/m1/s1. The van der Waals surface area contributed by atoms with Crippen LogP contribution in [0.5, 0.6) is 0 Å². The number of hydrogen-bond acceptors (Lipinski definition) is 6. The smallest absolute Gasteiger partial charge is 0.408 e. The third kappa shape index (κ3) is 7.36. The van der Waals surface area contributed by atoms with E-state index in [9.17, 15) is 27.9 Å². The van der Waals surface area contributed by atoms with E-state index in [1.54, 1.807) is 0 Å². The minimum absolute atomic E-state index is 0.131. The zero-order valence-corrected chi connectivity index (χ0v) is 17.0. The number of aliphatic carboxylic acids is 1. The summed E-state index contributed by atoms with van der Waals surface area (Å²) in [6.45, 7) is 5.85. The van der Waals surface area contributed by atoms with Gasteiger partial charge in [-0.25, -0.2) is 18.0 Å². The van der Waals surface area contributed by atoms with Gasteiger partial charge in [0.1, 0.15) is 12.1 Å². The van der Waals surface area contributed by atoms with Crippen molar-refractivity contribution >= 4 is 27.8 Å². The van der Waals surface area contributed by atoms with E-state index in [0.717, 1.165) is 0 Å². The van der Waals surface area contributed by atoms with Crippen molar-refractivity contribution in [3.05, 3.63) is 0 Å². The molecule has 10 heteroatoms. The molecule has 0 spiro atoms. The Labute approximate surface area is 160 Å². The predicted octanol–water partition coefficient (Wildman–Crippen LogP) is 1.17. The molecule has 1 aliphatic rings. The van der Waals surface area contributed by atoms with Crippen LogP contribution in [-0.4, -0.2) is 72.6 Å². The number of sulfone groups is 1. The number of nitrogens with one attached hydrogen (secondary N) is 1. The van der Waals surface area contributed by atoms with Gasteiger partial charge in [-0.2, -0.15) is 0 Å². The second-order valence-electron chi connectivity index (χ2n) is 6.85. The predicted molar refractivity (Wildman–Crippen MR) is 99.1 cm³/mol. The lowest BCUT2D eigenvalue weighted by Crippen LogP contribution is -2.48. The fourth-order valence-electron chi connectivity index (χ4n) is 3.13. The molecule has 2 amide bonds.